The fourth-order valence-electron chi connectivity index (χ4n) is 1.50. The maximum atomic E-state index is 12.1. The lowest BCUT2D eigenvalue weighted by molar-refractivity contribution is 0.605. The van der Waals surface area contributed by atoms with Crippen LogP contribution in [-0.4, -0.2) is 8.42 Å². The van der Waals surface area contributed by atoms with Crippen molar-refractivity contribution in [2.45, 2.75) is 4.90 Å². The van der Waals surface area contributed by atoms with Crippen LogP contribution in [0.25, 0.3) is 6.08 Å². The summed E-state index contributed by atoms with van der Waals surface area (Å²) < 4.78 is 24.3. The van der Waals surface area contributed by atoms with Crippen LogP contribution in [0.15, 0.2) is 58.8 Å². The molecule has 0 saturated carbocycles. The third-order valence-corrected chi connectivity index (χ3v) is 4.56. The standard InChI is InChI=1S/C14H10Cl2O2S/c15-12-6-7-13(16)14(10-12)19(17,18)9-8-11-4-2-1-3-5-11/h1-10H. The van der Waals surface area contributed by atoms with Crippen molar-refractivity contribution in [2.75, 3.05) is 0 Å². The van der Waals surface area contributed by atoms with Gasteiger partial charge in [0, 0.05) is 10.4 Å². The second-order valence-corrected chi connectivity index (χ2v) is 6.48. The van der Waals surface area contributed by atoms with E-state index in [4.69, 9.17) is 23.2 Å². The topological polar surface area (TPSA) is 34.1 Å². The third kappa shape index (κ3) is 3.60. The molecule has 2 aromatic rings. The van der Waals surface area contributed by atoms with Gasteiger partial charge in [-0.1, -0.05) is 53.5 Å². The van der Waals surface area contributed by atoms with Crippen molar-refractivity contribution in [3.05, 3.63) is 69.5 Å². The minimum atomic E-state index is -3.61. The molecule has 0 heterocycles. The summed E-state index contributed by atoms with van der Waals surface area (Å²) in [5, 5.41) is 1.61. The predicted molar refractivity (Wildman–Crippen MR) is 79.1 cm³/mol. The minimum absolute atomic E-state index is 0.00819. The number of sulfone groups is 1. The zero-order valence-electron chi connectivity index (χ0n) is 9.75. The Hall–Kier alpha value is -1.29. The van der Waals surface area contributed by atoms with Gasteiger partial charge in [0.05, 0.1) is 9.92 Å². The van der Waals surface area contributed by atoms with Gasteiger partial charge in [-0.05, 0) is 29.8 Å². The summed E-state index contributed by atoms with van der Waals surface area (Å²) in [6, 6.07) is 13.5. The quantitative estimate of drug-likeness (QED) is 0.839. The van der Waals surface area contributed by atoms with Gasteiger partial charge in [0.1, 0.15) is 0 Å². The Morgan fingerprint density at radius 2 is 1.63 bits per heavy atom. The zero-order valence-corrected chi connectivity index (χ0v) is 12.1. The summed E-state index contributed by atoms with van der Waals surface area (Å²) in [6.07, 6.45) is 1.52. The fraction of sp³-hybridized carbons (Fsp3) is 0. The summed E-state index contributed by atoms with van der Waals surface area (Å²) in [6.45, 7) is 0. The van der Waals surface area contributed by atoms with Crippen LogP contribution in [0.4, 0.5) is 0 Å². The van der Waals surface area contributed by atoms with Crippen molar-refractivity contribution >= 4 is 39.1 Å². The summed E-state index contributed by atoms with van der Waals surface area (Å²) in [7, 11) is -3.61. The van der Waals surface area contributed by atoms with Crippen LogP contribution in [-0.2, 0) is 9.84 Å². The zero-order chi connectivity index (χ0) is 13.9. The largest absolute Gasteiger partial charge is 0.219 e. The van der Waals surface area contributed by atoms with E-state index >= 15 is 0 Å². The summed E-state index contributed by atoms with van der Waals surface area (Å²) in [5.74, 6) is 0. The molecule has 0 aromatic heterocycles. The van der Waals surface area contributed by atoms with Crippen molar-refractivity contribution in [1.82, 2.24) is 0 Å². The highest BCUT2D eigenvalue weighted by Crippen LogP contribution is 2.26. The molecular weight excluding hydrogens is 303 g/mol. The average Bonchev–Trinajstić information content (AvgIpc) is 2.40. The van der Waals surface area contributed by atoms with E-state index in [1.165, 1.54) is 18.2 Å². The van der Waals surface area contributed by atoms with Crippen LogP contribution in [0.3, 0.4) is 0 Å². The molecule has 0 spiro atoms. The molecule has 2 rings (SSSR count). The number of benzene rings is 2. The van der Waals surface area contributed by atoms with E-state index in [0.717, 1.165) is 11.0 Å². The van der Waals surface area contributed by atoms with Gasteiger partial charge in [-0.2, -0.15) is 0 Å². The normalized spacial score (nSPS) is 11.9. The monoisotopic (exact) mass is 312 g/mol. The lowest BCUT2D eigenvalue weighted by Crippen LogP contribution is -1.97. The summed E-state index contributed by atoms with van der Waals surface area (Å²) >= 11 is 11.7. The first-order chi connectivity index (χ1) is 8.99. The van der Waals surface area contributed by atoms with Crippen LogP contribution < -0.4 is 0 Å². The Bertz CT molecular complexity index is 707. The van der Waals surface area contributed by atoms with E-state index in [2.05, 4.69) is 0 Å². The second kappa shape index (κ2) is 5.78. The summed E-state index contributed by atoms with van der Waals surface area (Å²) in [5.41, 5.74) is 0.796. The van der Waals surface area contributed by atoms with Gasteiger partial charge >= 0.3 is 0 Å². The van der Waals surface area contributed by atoms with E-state index in [1.54, 1.807) is 6.07 Å². The molecule has 19 heavy (non-hydrogen) atoms. The SMILES string of the molecule is O=S(=O)(C=Cc1ccccc1)c1cc(Cl)ccc1Cl. The molecule has 0 N–H and O–H groups in total. The van der Waals surface area contributed by atoms with Crippen molar-refractivity contribution in [3.8, 4) is 0 Å². The molecule has 0 unspecified atom stereocenters. The van der Waals surface area contributed by atoms with Crippen LogP contribution in [0.1, 0.15) is 5.56 Å². The number of rotatable bonds is 3. The molecular formula is C14H10Cl2O2S. The second-order valence-electron chi connectivity index (χ2n) is 3.83. The van der Waals surface area contributed by atoms with Crippen molar-refractivity contribution in [2.24, 2.45) is 0 Å². The molecule has 2 nitrogen and oxygen atoms in total. The van der Waals surface area contributed by atoms with E-state index in [-0.39, 0.29) is 9.92 Å². The molecule has 0 amide bonds. The predicted octanol–water partition coefficient (Wildman–Crippen LogP) is 4.44. The smallest absolute Gasteiger partial charge is 0.201 e. The van der Waals surface area contributed by atoms with E-state index in [1.807, 2.05) is 30.3 Å². The maximum absolute atomic E-state index is 12.1. The molecule has 0 atom stereocenters. The van der Waals surface area contributed by atoms with Gasteiger partial charge in [0.2, 0.25) is 9.84 Å². The molecule has 0 radical (unpaired) electrons. The lowest BCUT2D eigenvalue weighted by atomic mass is 10.2. The Morgan fingerprint density at radius 1 is 0.947 bits per heavy atom. The first-order valence-electron chi connectivity index (χ1n) is 5.42. The van der Waals surface area contributed by atoms with E-state index < -0.39 is 9.84 Å². The van der Waals surface area contributed by atoms with E-state index in [9.17, 15) is 8.42 Å². The highest BCUT2D eigenvalue weighted by Gasteiger charge is 2.15. The lowest BCUT2D eigenvalue weighted by Gasteiger charge is -2.02. The molecule has 0 aliphatic rings. The molecule has 5 heteroatoms. The van der Waals surface area contributed by atoms with Crippen LogP contribution in [0.2, 0.25) is 10.0 Å². The average molecular weight is 313 g/mol. The Balaban J connectivity index is 2.38. The van der Waals surface area contributed by atoms with Gasteiger partial charge in [-0.3, -0.25) is 0 Å². The highest BCUT2D eigenvalue weighted by atomic mass is 35.5. The fourth-order valence-corrected chi connectivity index (χ4v) is 3.29. The molecule has 0 saturated heterocycles. The van der Waals surface area contributed by atoms with Gasteiger partial charge in [-0.25, -0.2) is 8.42 Å². The first-order valence-corrected chi connectivity index (χ1v) is 7.72. The Kier molecular flexibility index (Phi) is 4.30. The molecule has 0 aliphatic carbocycles. The van der Waals surface area contributed by atoms with Crippen molar-refractivity contribution < 1.29 is 8.42 Å². The number of halogens is 2. The minimum Gasteiger partial charge on any atom is -0.219 e. The van der Waals surface area contributed by atoms with Gasteiger partial charge in [0.15, 0.2) is 0 Å². The summed E-state index contributed by atoms with van der Waals surface area (Å²) in [4.78, 5) is 0.00819. The first kappa shape index (κ1) is 14.1. The molecule has 0 bridgehead atoms. The Labute approximate surface area is 122 Å². The number of hydrogen-bond donors (Lipinski definition) is 0. The maximum Gasteiger partial charge on any atom is 0.201 e. The molecule has 0 aliphatic heterocycles. The van der Waals surface area contributed by atoms with Crippen molar-refractivity contribution in [3.63, 3.8) is 0 Å². The van der Waals surface area contributed by atoms with Crippen LogP contribution in [0, 0.1) is 0 Å². The molecule has 0 fully saturated rings. The van der Waals surface area contributed by atoms with Crippen LogP contribution in [0.5, 0.6) is 0 Å². The number of hydrogen-bond acceptors (Lipinski definition) is 2. The van der Waals surface area contributed by atoms with Crippen LogP contribution >= 0.6 is 23.2 Å². The van der Waals surface area contributed by atoms with Gasteiger partial charge in [0.25, 0.3) is 0 Å². The van der Waals surface area contributed by atoms with Crippen molar-refractivity contribution in [1.29, 1.82) is 0 Å². The molecule has 98 valence electrons. The van der Waals surface area contributed by atoms with E-state index in [0.29, 0.717) is 5.02 Å². The third-order valence-electron chi connectivity index (χ3n) is 2.44. The van der Waals surface area contributed by atoms with Gasteiger partial charge in [-0.15, -0.1) is 0 Å². The van der Waals surface area contributed by atoms with Gasteiger partial charge < -0.3 is 0 Å². The highest BCUT2D eigenvalue weighted by molar-refractivity contribution is 7.94. The Morgan fingerprint density at radius 3 is 2.32 bits per heavy atom. The molecule has 2 aromatic carbocycles.